The van der Waals surface area contributed by atoms with Crippen LogP contribution >= 0.6 is 0 Å². The maximum atomic E-state index is 12.1. The molecule has 1 fully saturated rings. The third-order valence-electron chi connectivity index (χ3n) is 3.27. The fourth-order valence-electron chi connectivity index (χ4n) is 2.02. The number of carbonyl (C=O) groups excluding carboxylic acids is 1. The molecule has 2 rings (SSSR count). The van der Waals surface area contributed by atoms with Crippen molar-refractivity contribution in [2.45, 2.75) is 19.0 Å². The molecule has 1 aromatic heterocycles. The van der Waals surface area contributed by atoms with E-state index < -0.39 is 30.0 Å². The summed E-state index contributed by atoms with van der Waals surface area (Å²) >= 11 is 0. The zero-order valence-electron chi connectivity index (χ0n) is 11.1. The average Bonchev–Trinajstić information content (AvgIpc) is 3.08. The molecule has 3 unspecified atom stereocenters. The number of nitrogens with one attached hydrogen (secondary N) is 2. The quantitative estimate of drug-likeness (QED) is 0.645. The highest BCUT2D eigenvalue weighted by molar-refractivity contribution is 5.77. The zero-order chi connectivity index (χ0) is 14.7. The van der Waals surface area contributed by atoms with E-state index in [0.717, 1.165) is 0 Å². The molecular formula is C10H16N6O4. The summed E-state index contributed by atoms with van der Waals surface area (Å²) < 4.78 is 5.14. The molecule has 1 saturated heterocycles. The van der Waals surface area contributed by atoms with E-state index in [1.54, 1.807) is 6.92 Å². The van der Waals surface area contributed by atoms with Crippen LogP contribution < -0.4 is 5.32 Å². The number of rotatable bonds is 4. The van der Waals surface area contributed by atoms with Crippen molar-refractivity contribution in [1.29, 1.82) is 0 Å². The lowest BCUT2D eigenvalue weighted by atomic mass is 10.0. The fourth-order valence-corrected chi connectivity index (χ4v) is 2.02. The Labute approximate surface area is 114 Å². The van der Waals surface area contributed by atoms with E-state index in [0.29, 0.717) is 5.82 Å². The minimum Gasteiger partial charge on any atom is -0.481 e. The summed E-state index contributed by atoms with van der Waals surface area (Å²) in [5.74, 6) is -1.34. The van der Waals surface area contributed by atoms with Crippen LogP contribution in [-0.4, -0.2) is 68.9 Å². The number of carboxylic acid groups (broad SMARTS) is 1. The number of aromatic amines is 1. The summed E-state index contributed by atoms with van der Waals surface area (Å²) in [4.78, 5) is 24.5. The molecule has 10 nitrogen and oxygen atoms in total. The van der Waals surface area contributed by atoms with Gasteiger partial charge >= 0.3 is 12.0 Å². The molecule has 20 heavy (non-hydrogen) atoms. The Morgan fingerprint density at radius 2 is 2.30 bits per heavy atom. The Balaban J connectivity index is 1.96. The van der Waals surface area contributed by atoms with Gasteiger partial charge in [-0.25, -0.2) is 4.79 Å². The van der Waals surface area contributed by atoms with Crippen LogP contribution in [0.1, 0.15) is 18.8 Å². The van der Waals surface area contributed by atoms with Gasteiger partial charge in [-0.05, 0) is 6.92 Å². The summed E-state index contributed by atoms with van der Waals surface area (Å²) in [7, 11) is 1.54. The van der Waals surface area contributed by atoms with Crippen LogP contribution in [0.3, 0.4) is 0 Å². The molecular weight excluding hydrogens is 268 g/mol. The van der Waals surface area contributed by atoms with E-state index in [1.165, 1.54) is 11.9 Å². The van der Waals surface area contributed by atoms with Gasteiger partial charge in [-0.1, -0.05) is 5.21 Å². The molecule has 1 aromatic rings. The van der Waals surface area contributed by atoms with Gasteiger partial charge in [-0.15, -0.1) is 10.2 Å². The van der Waals surface area contributed by atoms with Crippen molar-refractivity contribution >= 4 is 12.0 Å². The largest absolute Gasteiger partial charge is 0.481 e. The third-order valence-corrected chi connectivity index (χ3v) is 3.27. The molecule has 0 aromatic carbocycles. The molecule has 0 aliphatic carbocycles. The molecule has 1 aliphatic heterocycles. The highest BCUT2D eigenvalue weighted by Gasteiger charge is 2.38. The van der Waals surface area contributed by atoms with Crippen molar-refractivity contribution < 1.29 is 19.4 Å². The van der Waals surface area contributed by atoms with Crippen LogP contribution in [0, 0.1) is 5.92 Å². The first-order valence-corrected chi connectivity index (χ1v) is 6.08. The lowest BCUT2D eigenvalue weighted by Gasteiger charge is -2.27. The van der Waals surface area contributed by atoms with Gasteiger partial charge in [0.2, 0.25) is 0 Å². The molecule has 10 heteroatoms. The molecule has 1 aliphatic rings. The summed E-state index contributed by atoms with van der Waals surface area (Å²) in [5.41, 5.74) is 0. The molecule has 0 spiro atoms. The van der Waals surface area contributed by atoms with Crippen LogP contribution in [-0.2, 0) is 9.53 Å². The lowest BCUT2D eigenvalue weighted by Crippen LogP contribution is -2.48. The third kappa shape index (κ3) is 2.85. The first-order chi connectivity index (χ1) is 9.50. The van der Waals surface area contributed by atoms with Crippen molar-refractivity contribution in [3.05, 3.63) is 5.82 Å². The number of H-pyrrole nitrogens is 1. The zero-order valence-corrected chi connectivity index (χ0v) is 11.1. The average molecular weight is 284 g/mol. The summed E-state index contributed by atoms with van der Waals surface area (Å²) in [5, 5.41) is 25.0. The van der Waals surface area contributed by atoms with Crippen LogP contribution in [0.2, 0.25) is 0 Å². The number of hydrogen-bond acceptors (Lipinski definition) is 6. The van der Waals surface area contributed by atoms with Crippen LogP contribution in [0.4, 0.5) is 4.79 Å². The molecule has 3 atom stereocenters. The SMILES string of the molecule is CC(NC(=O)N(C)C1COCC1C(=O)O)c1nn[nH]n1. The minimum atomic E-state index is -0.974. The van der Waals surface area contributed by atoms with E-state index in [9.17, 15) is 9.59 Å². The maximum Gasteiger partial charge on any atom is 0.318 e. The number of carboxylic acids is 1. The second-order valence-electron chi connectivity index (χ2n) is 4.60. The molecule has 3 N–H and O–H groups in total. The number of hydrogen-bond donors (Lipinski definition) is 3. The maximum absolute atomic E-state index is 12.1. The van der Waals surface area contributed by atoms with Gasteiger partial charge in [0.25, 0.3) is 0 Å². The van der Waals surface area contributed by atoms with E-state index >= 15 is 0 Å². The topological polar surface area (TPSA) is 133 Å². The van der Waals surface area contributed by atoms with E-state index in [-0.39, 0.29) is 13.2 Å². The normalized spacial score (nSPS) is 23.3. The highest BCUT2D eigenvalue weighted by Crippen LogP contribution is 2.19. The van der Waals surface area contributed by atoms with Crippen molar-refractivity contribution in [1.82, 2.24) is 30.8 Å². The van der Waals surface area contributed by atoms with E-state index in [4.69, 9.17) is 9.84 Å². The second-order valence-corrected chi connectivity index (χ2v) is 4.60. The Bertz CT molecular complexity index is 478. The summed E-state index contributed by atoms with van der Waals surface area (Å²) in [6.45, 7) is 2.02. The van der Waals surface area contributed by atoms with Crippen molar-refractivity contribution in [2.75, 3.05) is 20.3 Å². The van der Waals surface area contributed by atoms with Gasteiger partial charge in [-0.2, -0.15) is 5.21 Å². The Kier molecular flexibility index (Phi) is 4.13. The van der Waals surface area contributed by atoms with Crippen molar-refractivity contribution in [3.63, 3.8) is 0 Å². The van der Waals surface area contributed by atoms with Gasteiger partial charge < -0.3 is 20.1 Å². The predicted octanol–water partition coefficient (Wildman–Crippen LogP) is -0.998. The van der Waals surface area contributed by atoms with Crippen molar-refractivity contribution in [3.8, 4) is 0 Å². The van der Waals surface area contributed by atoms with Crippen LogP contribution in [0.25, 0.3) is 0 Å². The summed E-state index contributed by atoms with van der Waals surface area (Å²) in [6.07, 6.45) is 0. The Morgan fingerprint density at radius 1 is 1.55 bits per heavy atom. The number of aliphatic carboxylic acids is 1. The van der Waals surface area contributed by atoms with Gasteiger partial charge in [0.15, 0.2) is 5.82 Å². The Morgan fingerprint density at radius 3 is 2.90 bits per heavy atom. The van der Waals surface area contributed by atoms with Crippen LogP contribution in [0.15, 0.2) is 0 Å². The highest BCUT2D eigenvalue weighted by atomic mass is 16.5. The number of likely N-dealkylation sites (N-methyl/N-ethyl adjacent to an activating group) is 1. The minimum absolute atomic E-state index is 0.109. The number of ether oxygens (including phenoxy) is 1. The van der Waals surface area contributed by atoms with Gasteiger partial charge in [0.1, 0.15) is 5.92 Å². The molecule has 2 amide bonds. The number of tetrazole rings is 1. The predicted molar refractivity (Wildman–Crippen MR) is 64.6 cm³/mol. The standard InChI is InChI=1S/C10H16N6O4/c1-5(8-12-14-15-13-8)11-10(19)16(2)7-4-20-3-6(7)9(17)18/h5-7H,3-4H2,1-2H3,(H,11,19)(H,17,18)(H,12,13,14,15). The lowest BCUT2D eigenvalue weighted by molar-refractivity contribution is -0.142. The number of urea groups is 1. The van der Waals surface area contributed by atoms with Gasteiger partial charge in [-0.3, -0.25) is 4.79 Å². The number of carbonyl (C=O) groups is 2. The number of nitrogens with zero attached hydrogens (tertiary/aromatic N) is 4. The van der Waals surface area contributed by atoms with E-state index in [1.807, 2.05) is 0 Å². The van der Waals surface area contributed by atoms with Gasteiger partial charge in [0.05, 0.1) is 25.3 Å². The second kappa shape index (κ2) is 5.82. The molecule has 0 bridgehead atoms. The monoisotopic (exact) mass is 284 g/mol. The molecule has 2 heterocycles. The molecule has 0 saturated carbocycles. The van der Waals surface area contributed by atoms with Crippen LogP contribution in [0.5, 0.6) is 0 Å². The summed E-state index contributed by atoms with van der Waals surface area (Å²) in [6, 6.07) is -1.34. The first kappa shape index (κ1) is 14.2. The van der Waals surface area contributed by atoms with E-state index in [2.05, 4.69) is 25.9 Å². The fraction of sp³-hybridized carbons (Fsp3) is 0.700. The first-order valence-electron chi connectivity index (χ1n) is 6.08. The molecule has 0 radical (unpaired) electrons. The molecule has 110 valence electrons. The smallest absolute Gasteiger partial charge is 0.318 e. The number of amides is 2. The van der Waals surface area contributed by atoms with Crippen molar-refractivity contribution in [2.24, 2.45) is 5.92 Å². The Hall–Kier alpha value is -2.23. The number of aromatic nitrogens is 4. The van der Waals surface area contributed by atoms with Gasteiger partial charge in [0, 0.05) is 7.05 Å².